The molecule has 0 bridgehead atoms. The third kappa shape index (κ3) is 8.83. The van der Waals surface area contributed by atoms with E-state index in [1.807, 2.05) is 0 Å². The van der Waals surface area contributed by atoms with E-state index in [2.05, 4.69) is 0 Å². The van der Waals surface area contributed by atoms with Crippen LogP contribution >= 0.6 is 0 Å². The van der Waals surface area contributed by atoms with Crippen LogP contribution in [0.4, 0.5) is 0 Å². The first-order valence-corrected chi connectivity index (χ1v) is 0. The molecule has 0 nitrogen and oxygen atoms in total. The van der Waals surface area contributed by atoms with Gasteiger partial charge in [0.1, 0.15) is 0 Å². The van der Waals surface area contributed by atoms with Crippen LogP contribution in [0, 0.1) is 0 Å². The average Bonchev–Trinajstić information content (AvgIpc) is 0. The molecule has 0 aromatic heterocycles. The third-order valence-electron chi connectivity index (χ3n) is 0. The molecule has 0 saturated carbocycles. The van der Waals surface area contributed by atoms with Crippen molar-refractivity contribution in [3.8, 4) is 0 Å². The topological polar surface area (TPSA) is 0 Å². The minimum atomic E-state index is 0. The second-order valence-corrected chi connectivity index (χ2v) is 0. The van der Waals surface area contributed by atoms with E-state index in [1.54, 1.807) is 0 Å². The third-order valence-corrected chi connectivity index (χ3v) is 0. The number of hydrogen-bond acceptors (Lipinski definition) is 0. The molecule has 0 aliphatic rings. The van der Waals surface area contributed by atoms with Gasteiger partial charge < -0.3 is 36.4 Å². The van der Waals surface area contributed by atoms with E-state index in [0.29, 0.717) is 0 Å². The normalized spacial score (nSPS) is 0. The second-order valence-electron chi connectivity index (χ2n) is 0. The fourth-order valence-electron chi connectivity index (χ4n) is 0. The van der Waals surface area contributed by atoms with E-state index in [1.165, 1.54) is 0 Å². The van der Waals surface area contributed by atoms with Crippen molar-refractivity contribution in [2.24, 2.45) is 0 Å². The molecule has 0 rings (SSSR count). The summed E-state index contributed by atoms with van der Waals surface area (Å²) in [7, 11) is 0. The van der Waals surface area contributed by atoms with Crippen molar-refractivity contribution < 1.29 is 55.2 Å². The van der Waals surface area contributed by atoms with Gasteiger partial charge in [-0.1, -0.05) is 0 Å². The molecule has 16 valence electrons. The molecule has 0 amide bonds. The van der Waals surface area contributed by atoms with Gasteiger partial charge in [-0.3, -0.25) is 0 Å². The largest absolute Gasteiger partial charge is 2.00 e. The zero-order chi connectivity index (χ0) is 0. The molecule has 0 atom stereocenters. The van der Waals surface area contributed by atoms with Gasteiger partial charge in [0, 0.05) is 0 Å². The van der Waals surface area contributed by atoms with Crippen LogP contribution in [0.15, 0.2) is 0 Å². The maximum Gasteiger partial charge on any atom is 2.00 e. The van der Waals surface area contributed by atoms with Gasteiger partial charge in [0.2, 0.25) is 0 Å². The summed E-state index contributed by atoms with van der Waals surface area (Å²) in [5.74, 6) is 0. The summed E-state index contributed by atoms with van der Waals surface area (Å²) in [6, 6.07) is 0. The van der Waals surface area contributed by atoms with Crippen LogP contribution in [0.3, 0.4) is 0 Å². The number of halogens is 2. The first-order chi connectivity index (χ1) is 0. The van der Waals surface area contributed by atoms with E-state index >= 15 is 0 Å². The smallest absolute Gasteiger partial charge is 1.00 e. The summed E-state index contributed by atoms with van der Waals surface area (Å²) >= 11 is 0. The summed E-state index contributed by atoms with van der Waals surface area (Å²) in [5, 5.41) is 0. The Hall–Kier alpha value is 2.38. The molecule has 0 radical (unpaired) electrons. The minimum absolute atomic E-state index is 0. The number of hydrogen-bond donors (Lipinski definition) is 0. The van der Waals surface area contributed by atoms with Crippen molar-refractivity contribution in [1.29, 1.82) is 0 Å². The average molecular weight is 194 g/mol. The molecule has 0 saturated heterocycles. The summed E-state index contributed by atoms with van der Waals surface area (Å²) in [4.78, 5) is 0. The molecule has 0 unspecified atom stereocenters. The van der Waals surface area contributed by atoms with Crippen molar-refractivity contribution in [2.75, 3.05) is 0 Å². The Morgan fingerprint density at radius 3 is 1.00 bits per heavy atom. The maximum atomic E-state index is 0. The van der Waals surface area contributed by atoms with Gasteiger partial charge in [0.15, 0.2) is 0 Å². The van der Waals surface area contributed by atoms with Gasteiger partial charge >= 0.3 is 41.9 Å². The van der Waals surface area contributed by atoms with Crippen LogP contribution in [0.25, 0.3) is 0 Å². The van der Waals surface area contributed by atoms with Crippen LogP contribution in [-0.4, -0.2) is 23.1 Å². The maximum absolute atomic E-state index is 0. The summed E-state index contributed by atoms with van der Waals surface area (Å²) in [5.41, 5.74) is 0. The molecule has 0 aromatic carbocycles. The zero-order valence-electron chi connectivity index (χ0n) is 2.46. The molecule has 0 aliphatic heterocycles. The Morgan fingerprint density at radius 1 is 1.00 bits per heavy atom. The molecule has 0 fully saturated rings. The fraction of sp³-hybridized carbons (Fsp3) is 0. The van der Waals surface area contributed by atoms with E-state index in [4.69, 9.17) is 0 Å². The summed E-state index contributed by atoms with van der Waals surface area (Å²) in [6.07, 6.45) is 0. The predicted octanol–water partition coefficient (Wildman–Crippen LogP) is -9.37. The van der Waals surface area contributed by atoms with Gasteiger partial charge in [-0.25, -0.2) is 0 Å². The first-order valence-electron chi connectivity index (χ1n) is 0. The van der Waals surface area contributed by atoms with Gasteiger partial charge in [0.25, 0.3) is 0 Å². The van der Waals surface area contributed by atoms with Crippen LogP contribution < -0.4 is 55.2 Å². The van der Waals surface area contributed by atoms with Crippen LogP contribution in [0.5, 0.6) is 0 Å². The van der Waals surface area contributed by atoms with Crippen molar-refractivity contribution in [1.82, 2.24) is 0 Å². The van der Waals surface area contributed by atoms with E-state index in [-0.39, 0.29) is 78.3 Å². The summed E-state index contributed by atoms with van der Waals surface area (Å²) in [6.45, 7) is 0. The molecular weight excluding hydrogens is 194 g/mol. The zero-order valence-corrected chi connectivity index (χ0v) is 6.79. The Labute approximate surface area is 77.2 Å². The minimum Gasteiger partial charge on any atom is -1.00 e. The van der Waals surface area contributed by atoms with Crippen LogP contribution in [0.1, 0.15) is 0 Å². The van der Waals surface area contributed by atoms with Crippen molar-refractivity contribution in [3.63, 3.8) is 0 Å². The van der Waals surface area contributed by atoms with Crippen molar-refractivity contribution in [2.45, 2.75) is 0 Å². The van der Waals surface area contributed by atoms with Crippen molar-refractivity contribution >= 4 is 23.1 Å². The molecule has 0 spiro atoms. The predicted molar refractivity (Wildman–Crippen MR) is 5.75 cm³/mol. The standard InChI is InChI=1S/ClH.HI.Li.Mg/h2*1H;;/q;;+1;+2/p-2. The summed E-state index contributed by atoms with van der Waals surface area (Å²) < 4.78 is 0. The van der Waals surface area contributed by atoms with Crippen molar-refractivity contribution in [3.05, 3.63) is 0 Å². The molecule has 0 aliphatic carbocycles. The van der Waals surface area contributed by atoms with Gasteiger partial charge in [-0.2, -0.15) is 0 Å². The Kier molecular flexibility index (Phi) is 148. The van der Waals surface area contributed by atoms with Crippen LogP contribution in [0.2, 0.25) is 0 Å². The fourth-order valence-corrected chi connectivity index (χ4v) is 0. The number of rotatable bonds is 0. The van der Waals surface area contributed by atoms with E-state index < -0.39 is 0 Å². The van der Waals surface area contributed by atoms with Crippen LogP contribution in [-0.2, 0) is 0 Å². The van der Waals surface area contributed by atoms with Gasteiger partial charge in [0.05, 0.1) is 0 Å². The molecule has 4 heteroatoms. The van der Waals surface area contributed by atoms with Gasteiger partial charge in [-0.15, -0.1) is 0 Å². The Bertz CT molecular complexity index is 8.00. The Morgan fingerprint density at radius 2 is 1.00 bits per heavy atom. The molecule has 0 heterocycles. The van der Waals surface area contributed by atoms with E-state index in [9.17, 15) is 0 Å². The van der Waals surface area contributed by atoms with Gasteiger partial charge in [-0.05, 0) is 0 Å². The Balaban J connectivity index is 0. The second kappa shape index (κ2) is 18.2. The monoisotopic (exact) mass is 193 g/mol. The molecular formula is ClILiMg+. The molecule has 0 N–H and O–H groups in total. The first kappa shape index (κ1) is 32.6. The molecule has 0 aromatic rings. The van der Waals surface area contributed by atoms with E-state index in [0.717, 1.165) is 0 Å². The molecule has 4 heavy (non-hydrogen) atoms. The SMILES string of the molecule is [Cl-].[I-].[Li+].[Mg+2]. The quantitative estimate of drug-likeness (QED) is 0.265.